The maximum atomic E-state index is 13.7. The topological polar surface area (TPSA) is 68.0 Å². The smallest absolute Gasteiger partial charge is 0.270 e. The second-order valence-electron chi connectivity index (χ2n) is 5.27. The average molecular weight is 445 g/mol. The van der Waals surface area contributed by atoms with Crippen molar-refractivity contribution in [3.63, 3.8) is 0 Å². The summed E-state index contributed by atoms with van der Waals surface area (Å²) in [5.74, 6) is -29.0. The fourth-order valence-electron chi connectivity index (χ4n) is 2.14. The first kappa shape index (κ1) is 21.1. The quantitative estimate of drug-likeness (QED) is 0.369. The van der Waals surface area contributed by atoms with E-state index < -0.39 is 87.0 Å². The van der Waals surface area contributed by atoms with E-state index in [9.17, 15) is 48.7 Å². The minimum atomic E-state index is -2.55. The van der Waals surface area contributed by atoms with Crippen molar-refractivity contribution in [3.8, 4) is 11.5 Å². The van der Waals surface area contributed by atoms with Gasteiger partial charge in [0.2, 0.25) is 11.6 Å². The summed E-state index contributed by atoms with van der Waals surface area (Å²) in [5, 5.41) is 4.23. The number of nitrogens with zero attached hydrogens (tertiary/aromatic N) is 2. The van der Waals surface area contributed by atoms with E-state index in [1.165, 1.54) is 5.32 Å². The standard InChI is InChI=1S/C15HF10N3O2/c16-3-1(4(17)8(21)11(24)7(3)20)13(29)26-15-27-14(30-28-15)2-5(18)9(22)12(25)10(23)6(2)19/h(H,26,28,29). The van der Waals surface area contributed by atoms with E-state index in [1.54, 1.807) is 0 Å². The van der Waals surface area contributed by atoms with E-state index in [4.69, 9.17) is 0 Å². The summed E-state index contributed by atoms with van der Waals surface area (Å²) in [5.41, 5.74) is -3.66. The number of nitrogens with one attached hydrogen (secondary N) is 1. The number of rotatable bonds is 3. The molecular weight excluding hydrogens is 444 g/mol. The molecule has 3 rings (SSSR count). The number of amides is 1. The van der Waals surface area contributed by atoms with Crippen LogP contribution in [0.1, 0.15) is 10.4 Å². The summed E-state index contributed by atoms with van der Waals surface area (Å²) < 4.78 is 138. The largest absolute Gasteiger partial charge is 0.332 e. The van der Waals surface area contributed by atoms with Crippen molar-refractivity contribution < 1.29 is 53.2 Å². The maximum Gasteiger partial charge on any atom is 0.270 e. The van der Waals surface area contributed by atoms with Crippen LogP contribution < -0.4 is 5.32 Å². The van der Waals surface area contributed by atoms with Gasteiger partial charge in [-0.3, -0.25) is 10.1 Å². The lowest BCUT2D eigenvalue weighted by Gasteiger charge is -2.06. The maximum absolute atomic E-state index is 13.7. The van der Waals surface area contributed by atoms with Crippen molar-refractivity contribution in [3.05, 3.63) is 63.7 Å². The molecule has 0 saturated carbocycles. The Kier molecular flexibility index (Phi) is 5.13. The van der Waals surface area contributed by atoms with Crippen LogP contribution in [0.2, 0.25) is 0 Å². The van der Waals surface area contributed by atoms with E-state index in [2.05, 4.69) is 14.7 Å². The lowest BCUT2D eigenvalue weighted by molar-refractivity contribution is 0.101. The second kappa shape index (κ2) is 7.31. The molecule has 3 aromatic rings. The average Bonchev–Trinajstić information content (AvgIpc) is 3.15. The molecule has 0 aliphatic heterocycles. The normalized spacial score (nSPS) is 11.1. The fourth-order valence-corrected chi connectivity index (χ4v) is 2.14. The molecule has 0 bridgehead atoms. The molecule has 0 radical (unpaired) electrons. The van der Waals surface area contributed by atoms with E-state index in [0.717, 1.165) is 0 Å². The summed E-state index contributed by atoms with van der Waals surface area (Å²) in [6.07, 6.45) is 0. The molecule has 158 valence electrons. The number of carbonyl (C=O) groups is 1. The van der Waals surface area contributed by atoms with Gasteiger partial charge in [-0.1, -0.05) is 0 Å². The molecule has 0 saturated heterocycles. The Morgan fingerprint density at radius 2 is 1.03 bits per heavy atom. The Hall–Kier alpha value is -3.65. The van der Waals surface area contributed by atoms with Crippen LogP contribution in [0.15, 0.2) is 4.52 Å². The monoisotopic (exact) mass is 445 g/mol. The van der Waals surface area contributed by atoms with Crippen molar-refractivity contribution in [2.75, 3.05) is 5.32 Å². The van der Waals surface area contributed by atoms with Crippen LogP contribution >= 0.6 is 0 Å². The summed E-state index contributed by atoms with van der Waals surface area (Å²) >= 11 is 0. The van der Waals surface area contributed by atoms with Gasteiger partial charge in [-0.15, -0.1) is 0 Å². The predicted molar refractivity (Wildman–Crippen MR) is 73.7 cm³/mol. The Bertz CT molecular complexity index is 1150. The molecule has 0 unspecified atom stereocenters. The van der Waals surface area contributed by atoms with Gasteiger partial charge >= 0.3 is 0 Å². The molecule has 0 aliphatic carbocycles. The molecule has 5 nitrogen and oxygen atoms in total. The van der Waals surface area contributed by atoms with Gasteiger partial charge in [-0.05, 0) is 5.16 Å². The summed E-state index contributed by atoms with van der Waals surface area (Å²) in [6.45, 7) is 0. The molecular formula is C15HF10N3O2. The molecule has 1 aromatic heterocycles. The SMILES string of the molecule is O=C(Nc1noc(-c2c(F)c(F)c(F)c(F)c2F)n1)c1c(F)c(F)c(F)c(F)c1F. The van der Waals surface area contributed by atoms with E-state index >= 15 is 0 Å². The number of anilines is 1. The van der Waals surface area contributed by atoms with Gasteiger partial charge in [0, 0.05) is 0 Å². The van der Waals surface area contributed by atoms with Crippen molar-refractivity contribution in [2.45, 2.75) is 0 Å². The Labute approximate surface area is 156 Å². The van der Waals surface area contributed by atoms with Gasteiger partial charge in [0.1, 0.15) is 11.1 Å². The Morgan fingerprint density at radius 1 is 0.633 bits per heavy atom. The van der Waals surface area contributed by atoms with Crippen LogP contribution in [0.4, 0.5) is 49.9 Å². The van der Waals surface area contributed by atoms with E-state index in [0.29, 0.717) is 0 Å². The molecule has 0 fully saturated rings. The summed E-state index contributed by atoms with van der Waals surface area (Å²) in [4.78, 5) is 14.9. The molecule has 0 atom stereocenters. The van der Waals surface area contributed by atoms with Crippen LogP contribution in [-0.2, 0) is 0 Å². The van der Waals surface area contributed by atoms with Gasteiger partial charge < -0.3 is 4.52 Å². The Morgan fingerprint density at radius 3 is 1.50 bits per heavy atom. The highest BCUT2D eigenvalue weighted by Crippen LogP contribution is 2.31. The molecule has 15 heteroatoms. The lowest BCUT2D eigenvalue weighted by Crippen LogP contribution is -2.20. The van der Waals surface area contributed by atoms with Crippen molar-refractivity contribution in [2.24, 2.45) is 0 Å². The molecule has 0 aliphatic rings. The van der Waals surface area contributed by atoms with Crippen LogP contribution in [0, 0.1) is 58.2 Å². The summed E-state index contributed by atoms with van der Waals surface area (Å²) in [7, 11) is 0. The number of benzene rings is 2. The van der Waals surface area contributed by atoms with E-state index in [1.807, 2.05) is 0 Å². The molecule has 1 heterocycles. The molecule has 2 aromatic carbocycles. The molecule has 0 spiro atoms. The third-order valence-electron chi connectivity index (χ3n) is 3.51. The second-order valence-corrected chi connectivity index (χ2v) is 5.27. The lowest BCUT2D eigenvalue weighted by atomic mass is 10.1. The highest BCUT2D eigenvalue weighted by atomic mass is 19.2. The third kappa shape index (κ3) is 3.11. The van der Waals surface area contributed by atoms with E-state index in [-0.39, 0.29) is 0 Å². The third-order valence-corrected chi connectivity index (χ3v) is 3.51. The van der Waals surface area contributed by atoms with Gasteiger partial charge in [-0.25, -0.2) is 43.9 Å². The first-order chi connectivity index (χ1) is 14.0. The first-order valence-electron chi connectivity index (χ1n) is 7.15. The predicted octanol–water partition coefficient (Wildman–Crippen LogP) is 4.38. The highest BCUT2D eigenvalue weighted by Gasteiger charge is 2.32. The zero-order valence-electron chi connectivity index (χ0n) is 13.5. The number of aromatic nitrogens is 2. The fraction of sp³-hybridized carbons (Fsp3) is 0. The van der Waals surface area contributed by atoms with Gasteiger partial charge in [0.25, 0.3) is 17.7 Å². The van der Waals surface area contributed by atoms with Gasteiger partial charge in [0.05, 0.1) is 0 Å². The molecule has 30 heavy (non-hydrogen) atoms. The minimum absolute atomic E-state index is 1.16. The number of halogens is 10. The number of carbonyl (C=O) groups excluding carboxylic acids is 1. The number of hydrogen-bond acceptors (Lipinski definition) is 4. The minimum Gasteiger partial charge on any atom is -0.332 e. The van der Waals surface area contributed by atoms with Crippen molar-refractivity contribution in [1.29, 1.82) is 0 Å². The zero-order valence-corrected chi connectivity index (χ0v) is 13.5. The van der Waals surface area contributed by atoms with Gasteiger partial charge in [0.15, 0.2) is 46.5 Å². The highest BCUT2D eigenvalue weighted by molar-refractivity contribution is 6.03. The van der Waals surface area contributed by atoms with Crippen LogP contribution in [0.25, 0.3) is 11.5 Å². The zero-order chi connectivity index (χ0) is 22.5. The summed E-state index contributed by atoms with van der Waals surface area (Å²) in [6, 6.07) is 0. The van der Waals surface area contributed by atoms with Crippen molar-refractivity contribution in [1.82, 2.24) is 10.1 Å². The number of hydrogen-bond donors (Lipinski definition) is 1. The van der Waals surface area contributed by atoms with Crippen LogP contribution in [0.3, 0.4) is 0 Å². The van der Waals surface area contributed by atoms with Crippen molar-refractivity contribution >= 4 is 11.9 Å². The van der Waals surface area contributed by atoms with Crippen LogP contribution in [0.5, 0.6) is 0 Å². The molecule has 1 N–H and O–H groups in total. The first-order valence-corrected chi connectivity index (χ1v) is 7.15. The van der Waals surface area contributed by atoms with Crippen LogP contribution in [-0.4, -0.2) is 16.0 Å². The Balaban J connectivity index is 2.00. The molecule has 1 amide bonds. The van der Waals surface area contributed by atoms with Gasteiger partial charge in [-0.2, -0.15) is 4.98 Å².